The van der Waals surface area contributed by atoms with Gasteiger partial charge in [-0.05, 0) is 70.2 Å². The molecule has 0 amide bonds. The molecule has 1 aromatic heterocycles. The lowest BCUT2D eigenvalue weighted by molar-refractivity contribution is 0.123. The number of aryl methyl sites for hydroxylation is 1. The number of hydrogen-bond acceptors (Lipinski definition) is 4. The van der Waals surface area contributed by atoms with Crippen molar-refractivity contribution in [2.75, 3.05) is 46.4 Å². The zero-order valence-corrected chi connectivity index (χ0v) is 19.0. The zero-order chi connectivity index (χ0) is 18.2. The molecule has 6 nitrogen and oxygen atoms in total. The van der Waals surface area contributed by atoms with E-state index in [0.29, 0.717) is 0 Å². The van der Waals surface area contributed by atoms with Crippen LogP contribution in [0.3, 0.4) is 0 Å². The maximum atomic E-state index is 5.92. The van der Waals surface area contributed by atoms with E-state index < -0.39 is 0 Å². The van der Waals surface area contributed by atoms with Gasteiger partial charge in [0, 0.05) is 33.4 Å². The van der Waals surface area contributed by atoms with Crippen molar-refractivity contribution in [1.82, 2.24) is 15.5 Å². The number of nitrogens with zero attached hydrogens (tertiary/aromatic N) is 2. The predicted octanol–water partition coefficient (Wildman–Crippen LogP) is 3.32. The third kappa shape index (κ3) is 7.62. The number of furan rings is 1. The normalized spacial score (nSPS) is 19.0. The van der Waals surface area contributed by atoms with Gasteiger partial charge in [0.1, 0.15) is 11.5 Å². The standard InChI is InChI=1S/C20H34N4O2.HI/c1-16-6-9-19(26-16)18(24-11-3-4-12-24)14-23-20(21-2)22-10-5-13-25-15-17-7-8-17;/h6,9,17-18H,3-5,7-8,10-15H2,1-2H3,(H2,21,22,23);1H. The molecule has 2 aliphatic rings. The second-order valence-electron chi connectivity index (χ2n) is 7.46. The van der Waals surface area contributed by atoms with Gasteiger partial charge in [-0.2, -0.15) is 0 Å². The lowest BCUT2D eigenvalue weighted by Crippen LogP contribution is -2.43. The minimum atomic E-state index is 0. The van der Waals surface area contributed by atoms with Crippen LogP contribution in [0.4, 0.5) is 0 Å². The van der Waals surface area contributed by atoms with Gasteiger partial charge in [0.25, 0.3) is 0 Å². The summed E-state index contributed by atoms with van der Waals surface area (Å²) in [7, 11) is 1.82. The van der Waals surface area contributed by atoms with Crippen LogP contribution in [0.2, 0.25) is 0 Å². The summed E-state index contributed by atoms with van der Waals surface area (Å²) < 4.78 is 11.6. The Morgan fingerprint density at radius 2 is 2.07 bits per heavy atom. The summed E-state index contributed by atoms with van der Waals surface area (Å²) in [6.07, 6.45) is 6.23. The van der Waals surface area contributed by atoms with Crippen molar-refractivity contribution in [2.45, 2.75) is 45.1 Å². The number of hydrogen-bond donors (Lipinski definition) is 2. The molecule has 154 valence electrons. The molecular weight excluding hydrogens is 455 g/mol. The average molecular weight is 490 g/mol. The number of rotatable bonds is 10. The van der Waals surface area contributed by atoms with Gasteiger partial charge in [0.2, 0.25) is 0 Å². The van der Waals surface area contributed by atoms with Crippen LogP contribution in [-0.4, -0.2) is 57.3 Å². The number of likely N-dealkylation sites (tertiary alicyclic amines) is 1. The molecule has 1 aliphatic carbocycles. The fourth-order valence-electron chi connectivity index (χ4n) is 3.42. The molecule has 27 heavy (non-hydrogen) atoms. The van der Waals surface area contributed by atoms with Crippen LogP contribution in [0.25, 0.3) is 0 Å². The Bertz CT molecular complexity index is 568. The molecule has 2 N–H and O–H groups in total. The van der Waals surface area contributed by atoms with Crippen LogP contribution >= 0.6 is 24.0 Å². The van der Waals surface area contributed by atoms with Crippen LogP contribution < -0.4 is 10.6 Å². The van der Waals surface area contributed by atoms with E-state index in [1.165, 1.54) is 25.7 Å². The quantitative estimate of drug-likeness (QED) is 0.228. The van der Waals surface area contributed by atoms with Crippen LogP contribution in [0.1, 0.15) is 49.7 Å². The van der Waals surface area contributed by atoms with Crippen molar-refractivity contribution >= 4 is 29.9 Å². The molecule has 0 aromatic carbocycles. The second kappa shape index (κ2) is 11.9. The van der Waals surface area contributed by atoms with Gasteiger partial charge >= 0.3 is 0 Å². The summed E-state index contributed by atoms with van der Waals surface area (Å²) in [5.74, 6) is 3.70. The Morgan fingerprint density at radius 3 is 2.70 bits per heavy atom. The number of halogens is 1. The molecule has 1 atom stereocenters. The van der Waals surface area contributed by atoms with Gasteiger partial charge in [0.15, 0.2) is 5.96 Å². The minimum absolute atomic E-state index is 0. The summed E-state index contributed by atoms with van der Waals surface area (Å²) in [5.41, 5.74) is 0. The Kier molecular flexibility index (Phi) is 9.92. The van der Waals surface area contributed by atoms with E-state index in [-0.39, 0.29) is 30.0 Å². The fourth-order valence-corrected chi connectivity index (χ4v) is 3.42. The topological polar surface area (TPSA) is 62.0 Å². The summed E-state index contributed by atoms with van der Waals surface area (Å²) in [5, 5.41) is 6.86. The van der Waals surface area contributed by atoms with Crippen LogP contribution in [0.5, 0.6) is 0 Å². The highest BCUT2D eigenvalue weighted by atomic mass is 127. The Labute approximate surface area is 180 Å². The van der Waals surface area contributed by atoms with Gasteiger partial charge in [-0.15, -0.1) is 24.0 Å². The van der Waals surface area contributed by atoms with Gasteiger partial charge in [-0.25, -0.2) is 0 Å². The molecule has 1 saturated carbocycles. The van der Waals surface area contributed by atoms with Gasteiger partial charge in [-0.1, -0.05) is 0 Å². The predicted molar refractivity (Wildman–Crippen MR) is 120 cm³/mol. The van der Waals surface area contributed by atoms with E-state index in [1.807, 2.05) is 20.0 Å². The molecule has 1 saturated heterocycles. The SMILES string of the molecule is CN=C(NCCCOCC1CC1)NCC(c1ccc(C)o1)N1CCCC1.I. The zero-order valence-electron chi connectivity index (χ0n) is 16.7. The largest absolute Gasteiger partial charge is 0.465 e. The van der Waals surface area contributed by atoms with Gasteiger partial charge in [-0.3, -0.25) is 9.89 Å². The molecule has 7 heteroatoms. The van der Waals surface area contributed by atoms with Crippen molar-refractivity contribution in [3.8, 4) is 0 Å². The van der Waals surface area contributed by atoms with Crippen LogP contribution in [0.15, 0.2) is 21.5 Å². The number of nitrogens with one attached hydrogen (secondary N) is 2. The van der Waals surface area contributed by atoms with E-state index in [2.05, 4.69) is 26.6 Å². The molecule has 0 radical (unpaired) electrons. The summed E-state index contributed by atoms with van der Waals surface area (Å²) in [6, 6.07) is 4.41. The monoisotopic (exact) mass is 490 g/mol. The van der Waals surface area contributed by atoms with Gasteiger partial charge < -0.3 is 19.8 Å². The highest BCUT2D eigenvalue weighted by Gasteiger charge is 2.26. The van der Waals surface area contributed by atoms with Crippen LogP contribution in [0, 0.1) is 12.8 Å². The molecule has 3 rings (SSSR count). The fraction of sp³-hybridized carbons (Fsp3) is 0.750. The minimum Gasteiger partial charge on any atom is -0.465 e. The first-order chi connectivity index (χ1) is 12.8. The van der Waals surface area contributed by atoms with Crippen molar-refractivity contribution in [3.05, 3.63) is 23.7 Å². The first-order valence-electron chi connectivity index (χ1n) is 10.1. The number of aliphatic imine (C=N–C) groups is 1. The molecule has 2 heterocycles. The molecule has 1 aromatic rings. The van der Waals surface area contributed by atoms with Crippen LogP contribution in [-0.2, 0) is 4.74 Å². The summed E-state index contributed by atoms with van der Waals surface area (Å²) in [4.78, 5) is 6.85. The van der Waals surface area contributed by atoms with Crippen molar-refractivity contribution < 1.29 is 9.15 Å². The molecule has 2 fully saturated rings. The summed E-state index contributed by atoms with van der Waals surface area (Å²) >= 11 is 0. The summed E-state index contributed by atoms with van der Waals surface area (Å²) in [6.45, 7) is 7.70. The Hall–Kier alpha value is -0.800. The third-order valence-electron chi connectivity index (χ3n) is 5.17. The third-order valence-corrected chi connectivity index (χ3v) is 5.17. The van der Waals surface area contributed by atoms with E-state index in [0.717, 1.165) is 69.2 Å². The second-order valence-corrected chi connectivity index (χ2v) is 7.46. The van der Waals surface area contributed by atoms with E-state index in [4.69, 9.17) is 9.15 Å². The van der Waals surface area contributed by atoms with E-state index in [1.54, 1.807) is 0 Å². The Balaban J connectivity index is 0.00000261. The first-order valence-corrected chi connectivity index (χ1v) is 10.1. The molecule has 0 bridgehead atoms. The smallest absolute Gasteiger partial charge is 0.191 e. The molecule has 1 aliphatic heterocycles. The Morgan fingerprint density at radius 1 is 1.30 bits per heavy atom. The molecular formula is C20H35IN4O2. The lowest BCUT2D eigenvalue weighted by Gasteiger charge is -2.26. The molecule has 0 spiro atoms. The lowest BCUT2D eigenvalue weighted by atomic mass is 10.2. The highest BCUT2D eigenvalue weighted by Crippen LogP contribution is 2.28. The number of guanidine groups is 1. The maximum Gasteiger partial charge on any atom is 0.191 e. The van der Waals surface area contributed by atoms with Gasteiger partial charge in [0.05, 0.1) is 6.04 Å². The van der Waals surface area contributed by atoms with E-state index >= 15 is 0 Å². The van der Waals surface area contributed by atoms with Crippen molar-refractivity contribution in [3.63, 3.8) is 0 Å². The maximum absolute atomic E-state index is 5.92. The van der Waals surface area contributed by atoms with Crippen molar-refractivity contribution in [2.24, 2.45) is 10.9 Å². The molecule has 1 unspecified atom stereocenters. The average Bonchev–Trinajstić information content (AvgIpc) is 3.12. The number of ether oxygens (including phenoxy) is 1. The van der Waals surface area contributed by atoms with E-state index in [9.17, 15) is 0 Å². The first kappa shape index (κ1) is 22.5. The highest BCUT2D eigenvalue weighted by molar-refractivity contribution is 14.0. The van der Waals surface area contributed by atoms with Crippen molar-refractivity contribution in [1.29, 1.82) is 0 Å².